The molecule has 13 heteroatoms. The molecule has 1 aromatic heterocycles. The summed E-state index contributed by atoms with van der Waals surface area (Å²) in [5, 5.41) is 12.5. The van der Waals surface area contributed by atoms with Crippen molar-refractivity contribution in [3.8, 4) is 0 Å². The van der Waals surface area contributed by atoms with Gasteiger partial charge in [-0.25, -0.2) is 9.78 Å². The van der Waals surface area contributed by atoms with Gasteiger partial charge in [0.2, 0.25) is 11.8 Å². The Kier molecular flexibility index (Phi) is 14.7. The van der Waals surface area contributed by atoms with E-state index in [-0.39, 0.29) is 61.0 Å². The molecule has 0 aliphatic carbocycles. The van der Waals surface area contributed by atoms with E-state index in [0.717, 1.165) is 19.4 Å². The maximum absolute atomic E-state index is 14.0. The van der Waals surface area contributed by atoms with E-state index in [4.69, 9.17) is 9.15 Å². The summed E-state index contributed by atoms with van der Waals surface area (Å²) in [4.78, 5) is 60.7. The summed E-state index contributed by atoms with van der Waals surface area (Å²) >= 11 is 0. The maximum Gasteiger partial charge on any atom is 0.330 e. The van der Waals surface area contributed by atoms with Gasteiger partial charge >= 0.3 is 5.97 Å². The van der Waals surface area contributed by atoms with Gasteiger partial charge in [0.05, 0.1) is 17.8 Å². The van der Waals surface area contributed by atoms with Gasteiger partial charge in [0, 0.05) is 48.5 Å². The zero-order chi connectivity index (χ0) is 34.7. The van der Waals surface area contributed by atoms with E-state index in [9.17, 15) is 28.5 Å². The molecule has 6 atom stereocenters. The van der Waals surface area contributed by atoms with Crippen LogP contribution in [0.25, 0.3) is 0 Å². The second-order valence-corrected chi connectivity index (χ2v) is 14.2. The van der Waals surface area contributed by atoms with Crippen LogP contribution in [-0.2, 0) is 36.3 Å². The molecule has 0 radical (unpaired) electrons. The number of esters is 1. The highest BCUT2D eigenvalue weighted by Crippen LogP contribution is 2.29. The molecule has 3 unspecified atom stereocenters. The fraction of sp³-hybridized carbons (Fsp3) is 0.618. The predicted molar refractivity (Wildman–Crippen MR) is 179 cm³/mol. The number of aromatic nitrogens is 1. The summed E-state index contributed by atoms with van der Waals surface area (Å²) < 4.78 is 25.2. The van der Waals surface area contributed by atoms with E-state index in [2.05, 4.69) is 15.2 Å². The third-order valence-electron chi connectivity index (χ3n) is 8.45. The summed E-state index contributed by atoms with van der Waals surface area (Å²) in [6, 6.07) is -1.12. The molecule has 1 saturated heterocycles. The van der Waals surface area contributed by atoms with Gasteiger partial charge in [0.25, 0.3) is 5.91 Å². The number of aliphatic hydroxyl groups is 1. The number of Topliss-reactive ketones (excluding diaryl/α,β-unsaturated/α-hetero) is 1. The number of hydrogen-bond acceptors (Lipinski definition) is 10. The van der Waals surface area contributed by atoms with Gasteiger partial charge in [-0.3, -0.25) is 18.6 Å². The van der Waals surface area contributed by atoms with Crippen molar-refractivity contribution in [2.45, 2.75) is 84.3 Å². The van der Waals surface area contributed by atoms with Crippen LogP contribution in [0, 0.1) is 11.8 Å². The largest absolute Gasteiger partial charge is 0.460 e. The number of carbonyl (C=O) groups excluding carboxylic acids is 4. The van der Waals surface area contributed by atoms with Crippen LogP contribution in [0.1, 0.15) is 70.8 Å². The summed E-state index contributed by atoms with van der Waals surface area (Å²) in [6.07, 6.45) is 7.46. The first kappa shape index (κ1) is 38.0. The van der Waals surface area contributed by atoms with Crippen LogP contribution in [-0.4, -0.2) is 110 Å². The lowest BCUT2D eigenvalue weighted by Crippen LogP contribution is -2.49. The minimum atomic E-state index is -1.45. The lowest BCUT2D eigenvalue weighted by Gasteiger charge is -2.31. The Balaban J connectivity index is 1.96. The molecule has 1 aromatic rings. The van der Waals surface area contributed by atoms with Gasteiger partial charge in [-0.1, -0.05) is 64.5 Å². The van der Waals surface area contributed by atoms with E-state index in [1.165, 1.54) is 17.1 Å². The Morgan fingerprint density at radius 2 is 1.89 bits per heavy atom. The molecule has 0 aromatic carbocycles. The first-order valence-electron chi connectivity index (χ1n) is 16.4. The zero-order valence-electron chi connectivity index (χ0n) is 28.3. The smallest absolute Gasteiger partial charge is 0.330 e. The molecule has 2 bridgehead atoms. The van der Waals surface area contributed by atoms with Crippen LogP contribution in [0.4, 0.5) is 0 Å². The van der Waals surface area contributed by atoms with Crippen LogP contribution in [0.5, 0.6) is 0 Å². The number of oxazole rings is 1. The Hall–Kier alpha value is -3.42. The molecule has 3 heterocycles. The fourth-order valence-electron chi connectivity index (χ4n) is 5.85. The summed E-state index contributed by atoms with van der Waals surface area (Å²) in [6.45, 7) is 14.1. The van der Waals surface area contributed by atoms with Crippen molar-refractivity contribution in [3.05, 3.63) is 53.8 Å². The standard InChI is InChI=1S/C34H50N4O8S/c1-7-37(8-2)16-17-47(44)28-13-15-38-31(28)34(43)46-32(22(3)4)24(6)11-12-29(41)35-14-9-10-23(5)18-25(39)19-26(40)20-30-36-27(21-45-30)33(38)42/h9-12,18,21-22,24-25,28,31-32,39H,7-8,13-17,19-20H2,1-6H3,(H,35,41)/b10-9+,12-11+,23-18+/t24-,25-,28?,31?,32-,47?/m1/s1. The van der Waals surface area contributed by atoms with E-state index in [1.54, 1.807) is 25.2 Å². The number of ketones is 1. The number of ether oxygens (including phenoxy) is 1. The highest BCUT2D eigenvalue weighted by atomic mass is 32.2. The number of nitrogens with zero attached hydrogens (tertiary/aromatic N) is 3. The number of hydrogen-bond donors (Lipinski definition) is 2. The van der Waals surface area contributed by atoms with Crippen molar-refractivity contribution in [3.63, 3.8) is 0 Å². The molecule has 47 heavy (non-hydrogen) atoms. The predicted octanol–water partition coefficient (Wildman–Crippen LogP) is 2.60. The monoisotopic (exact) mass is 674 g/mol. The maximum atomic E-state index is 14.0. The number of cyclic esters (lactones) is 1. The third-order valence-corrected chi connectivity index (χ3v) is 10.2. The van der Waals surface area contributed by atoms with Gasteiger partial charge in [0.1, 0.15) is 24.2 Å². The minimum absolute atomic E-state index is 0.0124. The molecular weight excluding hydrogens is 624 g/mol. The fourth-order valence-corrected chi connectivity index (χ4v) is 7.51. The lowest BCUT2D eigenvalue weighted by atomic mass is 9.94. The molecule has 0 spiro atoms. The van der Waals surface area contributed by atoms with Crippen molar-refractivity contribution < 1.29 is 37.6 Å². The molecular formula is C34H50N4O8S. The number of carbonyl (C=O) groups is 4. The van der Waals surface area contributed by atoms with Crippen molar-refractivity contribution in [2.75, 3.05) is 38.5 Å². The molecule has 1 fully saturated rings. The molecule has 2 aliphatic rings. The van der Waals surface area contributed by atoms with E-state index >= 15 is 0 Å². The Bertz CT molecular complexity index is 1370. The highest BCUT2D eigenvalue weighted by molar-refractivity contribution is 7.85. The number of nitrogens with one attached hydrogen (secondary N) is 1. The third kappa shape index (κ3) is 11.1. The first-order chi connectivity index (χ1) is 22.3. The Labute approximate surface area is 280 Å². The molecule has 3 rings (SSSR count). The van der Waals surface area contributed by atoms with Crippen LogP contribution in [0.15, 0.2) is 46.6 Å². The quantitative estimate of drug-likeness (QED) is 0.412. The second-order valence-electron chi connectivity index (χ2n) is 12.4. The molecule has 12 nitrogen and oxygen atoms in total. The highest BCUT2D eigenvalue weighted by Gasteiger charge is 2.47. The molecule has 260 valence electrons. The van der Waals surface area contributed by atoms with Crippen molar-refractivity contribution in [2.24, 2.45) is 11.8 Å². The van der Waals surface area contributed by atoms with E-state index in [1.807, 2.05) is 34.6 Å². The number of amides is 2. The van der Waals surface area contributed by atoms with Gasteiger partial charge in [-0.2, -0.15) is 0 Å². The first-order valence-corrected chi connectivity index (χ1v) is 17.8. The second kappa shape index (κ2) is 18.2. The van der Waals surface area contributed by atoms with Gasteiger partial charge in [-0.05, 0) is 38.4 Å². The number of fused-ring (bicyclic) bond motifs is 3. The number of allylic oxidation sites excluding steroid dienone is 2. The van der Waals surface area contributed by atoms with Gasteiger partial charge in [-0.15, -0.1) is 0 Å². The van der Waals surface area contributed by atoms with Crippen LogP contribution in [0.2, 0.25) is 0 Å². The summed E-state index contributed by atoms with van der Waals surface area (Å²) in [5.41, 5.74) is 0.628. The Morgan fingerprint density at radius 3 is 2.57 bits per heavy atom. The van der Waals surface area contributed by atoms with E-state index < -0.39 is 46.2 Å². The topological polar surface area (TPSA) is 159 Å². The van der Waals surface area contributed by atoms with E-state index in [0.29, 0.717) is 24.3 Å². The van der Waals surface area contributed by atoms with Crippen molar-refractivity contribution in [1.82, 2.24) is 20.1 Å². The van der Waals surface area contributed by atoms with Crippen LogP contribution in [0.3, 0.4) is 0 Å². The Morgan fingerprint density at radius 1 is 1.17 bits per heavy atom. The molecule has 2 aliphatic heterocycles. The number of aliphatic hydroxyl groups excluding tert-OH is 1. The van der Waals surface area contributed by atoms with Crippen LogP contribution < -0.4 is 5.32 Å². The summed E-state index contributed by atoms with van der Waals surface area (Å²) in [7, 11) is -1.45. The van der Waals surface area contributed by atoms with Gasteiger partial charge < -0.3 is 29.4 Å². The van der Waals surface area contributed by atoms with Gasteiger partial charge in [0.15, 0.2) is 5.69 Å². The number of rotatable bonds is 7. The summed E-state index contributed by atoms with van der Waals surface area (Å²) in [5.74, 6) is -2.05. The SMILES string of the molecule is CCN(CC)CCS(=O)C1CCN2C(=O)c3coc(n3)CC(=O)C[C@H](O)/C=C(C)/C=C/CNC(=O)/C=C/[C@@H](C)[C@@H](C(C)C)OC(=O)C12. The molecule has 2 amide bonds. The zero-order valence-corrected chi connectivity index (χ0v) is 29.2. The minimum Gasteiger partial charge on any atom is -0.460 e. The lowest BCUT2D eigenvalue weighted by molar-refractivity contribution is -0.157. The van der Waals surface area contributed by atoms with Crippen molar-refractivity contribution in [1.29, 1.82) is 0 Å². The van der Waals surface area contributed by atoms with Crippen LogP contribution >= 0.6 is 0 Å². The average molecular weight is 675 g/mol. The van der Waals surface area contributed by atoms with Crippen molar-refractivity contribution >= 4 is 34.4 Å². The average Bonchev–Trinajstić information content (AvgIpc) is 3.68. The molecule has 2 N–H and O–H groups in total. The molecule has 0 saturated carbocycles. The normalized spacial score (nSPS) is 28.7.